The van der Waals surface area contributed by atoms with Crippen molar-refractivity contribution in [2.45, 2.75) is 51.1 Å². The van der Waals surface area contributed by atoms with Gasteiger partial charge in [-0.15, -0.1) is 0 Å². The first kappa shape index (κ1) is 16.1. The molecule has 2 aromatic rings. The zero-order valence-electron chi connectivity index (χ0n) is 14.9. The maximum atomic E-state index is 12.7. The molecule has 1 saturated carbocycles. The highest BCUT2D eigenvalue weighted by Crippen LogP contribution is 2.31. The number of benzene rings is 1. The number of carbonyl (C=O) groups excluding carboxylic acids is 1. The van der Waals surface area contributed by atoms with Crippen LogP contribution >= 0.6 is 0 Å². The third-order valence-electron chi connectivity index (χ3n) is 5.69. The minimum atomic E-state index is -0.292. The Morgan fingerprint density at radius 2 is 2.04 bits per heavy atom. The number of likely N-dealkylation sites (N-methyl/N-ethyl adjacent to an activating group) is 1. The molecule has 6 nitrogen and oxygen atoms in total. The average Bonchev–Trinajstić information content (AvgIpc) is 3.23. The van der Waals surface area contributed by atoms with Gasteiger partial charge in [-0.3, -0.25) is 14.4 Å². The maximum absolute atomic E-state index is 12.7. The number of hydrogen-bond acceptors (Lipinski definition) is 4. The molecule has 1 amide bonds. The Morgan fingerprint density at radius 3 is 2.80 bits per heavy atom. The average molecular weight is 339 g/mol. The van der Waals surface area contributed by atoms with E-state index in [0.29, 0.717) is 5.96 Å². The highest BCUT2D eigenvalue weighted by Gasteiger charge is 2.35. The SMILES string of the molecule is C[C@@H]1N=C(N)N(C)C(=O)C1c1ccc2c(cnn2CC2CCCC2)c1. The summed E-state index contributed by atoms with van der Waals surface area (Å²) in [5.41, 5.74) is 7.93. The molecule has 1 fully saturated rings. The number of nitrogens with two attached hydrogens (primary N) is 1. The first-order valence-electron chi connectivity index (χ1n) is 9.11. The number of carbonyl (C=O) groups is 1. The van der Waals surface area contributed by atoms with Crippen molar-refractivity contribution in [1.82, 2.24) is 14.7 Å². The number of amides is 1. The third kappa shape index (κ3) is 2.79. The standard InChI is InChI=1S/C19H25N5O/c1-12-17(18(25)23(2)19(20)22-12)14-7-8-16-15(9-14)10-21-24(16)11-13-5-3-4-6-13/h7-10,12-13,17H,3-6,11H2,1-2H3,(H2,20,22)/t12-,17?/m0/s1. The molecule has 2 N–H and O–H groups in total. The van der Waals surface area contributed by atoms with E-state index in [-0.39, 0.29) is 17.9 Å². The molecule has 132 valence electrons. The van der Waals surface area contributed by atoms with Gasteiger partial charge in [0.15, 0.2) is 5.96 Å². The first-order chi connectivity index (χ1) is 12.0. The van der Waals surface area contributed by atoms with Gasteiger partial charge in [0.25, 0.3) is 0 Å². The van der Waals surface area contributed by atoms with Gasteiger partial charge >= 0.3 is 0 Å². The van der Waals surface area contributed by atoms with Gasteiger partial charge in [0, 0.05) is 19.0 Å². The van der Waals surface area contributed by atoms with E-state index in [1.165, 1.54) is 30.6 Å². The Bertz CT molecular complexity index is 833. The molecule has 2 atom stereocenters. The van der Waals surface area contributed by atoms with Crippen LogP contribution in [-0.4, -0.2) is 39.6 Å². The van der Waals surface area contributed by atoms with E-state index in [1.54, 1.807) is 7.05 Å². The predicted octanol–water partition coefficient (Wildman–Crippen LogP) is 2.49. The molecule has 1 aromatic heterocycles. The molecule has 0 radical (unpaired) electrons. The highest BCUT2D eigenvalue weighted by molar-refractivity contribution is 6.01. The summed E-state index contributed by atoms with van der Waals surface area (Å²) in [6, 6.07) is 6.06. The second kappa shape index (κ2) is 6.17. The predicted molar refractivity (Wildman–Crippen MR) is 98.3 cm³/mol. The minimum absolute atomic E-state index is 0.00213. The zero-order chi connectivity index (χ0) is 17.6. The number of nitrogens with zero attached hydrogens (tertiary/aromatic N) is 4. The van der Waals surface area contributed by atoms with Crippen LogP contribution in [0.1, 0.15) is 44.1 Å². The lowest BCUT2D eigenvalue weighted by Gasteiger charge is -2.31. The fraction of sp³-hybridized carbons (Fsp3) is 0.526. The second-order valence-electron chi connectivity index (χ2n) is 7.40. The van der Waals surface area contributed by atoms with Gasteiger partial charge in [0.05, 0.1) is 23.7 Å². The summed E-state index contributed by atoms with van der Waals surface area (Å²) in [5.74, 6) is 0.741. The zero-order valence-corrected chi connectivity index (χ0v) is 14.9. The van der Waals surface area contributed by atoms with E-state index in [2.05, 4.69) is 26.9 Å². The molecular formula is C19H25N5O. The van der Waals surface area contributed by atoms with Crippen LogP contribution in [0.25, 0.3) is 10.9 Å². The van der Waals surface area contributed by atoms with Crippen LogP contribution in [-0.2, 0) is 11.3 Å². The lowest BCUT2D eigenvalue weighted by Crippen LogP contribution is -2.48. The van der Waals surface area contributed by atoms with Crippen molar-refractivity contribution in [3.05, 3.63) is 30.0 Å². The van der Waals surface area contributed by atoms with Gasteiger partial charge in [-0.05, 0) is 43.4 Å². The topological polar surface area (TPSA) is 76.5 Å². The molecule has 0 spiro atoms. The van der Waals surface area contributed by atoms with Gasteiger partial charge in [-0.2, -0.15) is 5.10 Å². The van der Waals surface area contributed by atoms with E-state index in [4.69, 9.17) is 5.73 Å². The van der Waals surface area contributed by atoms with E-state index in [1.807, 2.05) is 19.2 Å². The number of rotatable bonds is 3. The summed E-state index contributed by atoms with van der Waals surface area (Å²) in [5, 5.41) is 5.67. The van der Waals surface area contributed by atoms with Crippen LogP contribution in [0.15, 0.2) is 29.4 Å². The fourth-order valence-corrected chi connectivity index (χ4v) is 4.20. The summed E-state index contributed by atoms with van der Waals surface area (Å²) in [6.07, 6.45) is 7.20. The van der Waals surface area contributed by atoms with Crippen molar-refractivity contribution in [3.8, 4) is 0 Å². The van der Waals surface area contributed by atoms with Crippen molar-refractivity contribution in [1.29, 1.82) is 0 Å². The maximum Gasteiger partial charge on any atom is 0.238 e. The number of fused-ring (bicyclic) bond motifs is 1. The summed E-state index contributed by atoms with van der Waals surface area (Å²) in [6.45, 7) is 2.93. The van der Waals surface area contributed by atoms with Gasteiger partial charge in [-0.25, -0.2) is 4.99 Å². The summed E-state index contributed by atoms with van der Waals surface area (Å²) < 4.78 is 2.11. The number of guanidine groups is 1. The molecule has 25 heavy (non-hydrogen) atoms. The molecule has 0 bridgehead atoms. The lowest BCUT2D eigenvalue weighted by atomic mass is 9.89. The van der Waals surface area contributed by atoms with Crippen molar-refractivity contribution >= 4 is 22.8 Å². The number of aliphatic imine (C=N–C) groups is 1. The van der Waals surface area contributed by atoms with Crippen LogP contribution in [0.5, 0.6) is 0 Å². The Hall–Kier alpha value is -2.37. The summed E-state index contributed by atoms with van der Waals surface area (Å²) >= 11 is 0. The van der Waals surface area contributed by atoms with Gasteiger partial charge in [-0.1, -0.05) is 18.9 Å². The Morgan fingerprint density at radius 1 is 1.28 bits per heavy atom. The molecule has 4 rings (SSSR count). The van der Waals surface area contributed by atoms with Crippen molar-refractivity contribution in [2.75, 3.05) is 7.05 Å². The van der Waals surface area contributed by atoms with Gasteiger partial charge < -0.3 is 5.73 Å². The monoisotopic (exact) mass is 339 g/mol. The van der Waals surface area contributed by atoms with Crippen LogP contribution in [0.4, 0.5) is 0 Å². The van der Waals surface area contributed by atoms with Crippen molar-refractivity contribution in [3.63, 3.8) is 0 Å². The Labute approximate surface area is 147 Å². The molecule has 2 aliphatic rings. The normalized spacial score (nSPS) is 25.0. The quantitative estimate of drug-likeness (QED) is 0.933. The van der Waals surface area contributed by atoms with Crippen molar-refractivity contribution < 1.29 is 4.79 Å². The van der Waals surface area contributed by atoms with E-state index in [0.717, 1.165) is 28.9 Å². The largest absolute Gasteiger partial charge is 0.369 e. The highest BCUT2D eigenvalue weighted by atomic mass is 16.2. The van der Waals surface area contributed by atoms with Crippen LogP contribution in [0.3, 0.4) is 0 Å². The van der Waals surface area contributed by atoms with Crippen LogP contribution < -0.4 is 5.73 Å². The Kier molecular flexibility index (Phi) is 3.98. The smallest absolute Gasteiger partial charge is 0.238 e. The molecule has 2 heterocycles. The molecule has 1 aliphatic heterocycles. The Balaban J connectivity index is 1.64. The second-order valence-corrected chi connectivity index (χ2v) is 7.40. The van der Waals surface area contributed by atoms with Gasteiger partial charge in [0.1, 0.15) is 0 Å². The van der Waals surface area contributed by atoms with Crippen LogP contribution in [0.2, 0.25) is 0 Å². The molecule has 1 aromatic carbocycles. The fourth-order valence-electron chi connectivity index (χ4n) is 4.20. The molecular weight excluding hydrogens is 314 g/mol. The lowest BCUT2D eigenvalue weighted by molar-refractivity contribution is -0.129. The van der Waals surface area contributed by atoms with Gasteiger partial charge in [0.2, 0.25) is 5.91 Å². The number of aromatic nitrogens is 2. The van der Waals surface area contributed by atoms with E-state index >= 15 is 0 Å². The third-order valence-corrected chi connectivity index (χ3v) is 5.69. The first-order valence-corrected chi connectivity index (χ1v) is 9.11. The van der Waals surface area contributed by atoms with Crippen molar-refractivity contribution in [2.24, 2.45) is 16.6 Å². The minimum Gasteiger partial charge on any atom is -0.369 e. The molecule has 0 saturated heterocycles. The molecule has 1 aliphatic carbocycles. The summed E-state index contributed by atoms with van der Waals surface area (Å²) in [4.78, 5) is 18.5. The molecule has 1 unspecified atom stereocenters. The van der Waals surface area contributed by atoms with E-state index in [9.17, 15) is 4.79 Å². The molecule has 6 heteroatoms. The van der Waals surface area contributed by atoms with Crippen LogP contribution in [0, 0.1) is 5.92 Å². The number of hydrogen-bond donors (Lipinski definition) is 1. The summed E-state index contributed by atoms with van der Waals surface area (Å²) in [7, 11) is 1.68. The van der Waals surface area contributed by atoms with E-state index < -0.39 is 0 Å².